The van der Waals surface area contributed by atoms with Crippen LogP contribution in [0.15, 0.2) is 118 Å². The fraction of sp³-hybridized carbons (Fsp3) is 0.192. The van der Waals surface area contributed by atoms with Crippen molar-refractivity contribution in [3.8, 4) is 44.5 Å². The highest BCUT2D eigenvalue weighted by molar-refractivity contribution is 6.21. The highest BCUT2D eigenvalue weighted by Crippen LogP contribution is 2.61. The van der Waals surface area contributed by atoms with Gasteiger partial charge in [0, 0.05) is 43.5 Å². The van der Waals surface area contributed by atoms with Gasteiger partial charge < -0.3 is 8.83 Å². The topological polar surface area (TPSA) is 26.3 Å². The second-order valence-corrected chi connectivity index (χ2v) is 17.2. The molecule has 54 heavy (non-hydrogen) atoms. The Morgan fingerprint density at radius 2 is 0.741 bits per heavy atom. The molecular formula is C52H42O2. The van der Waals surface area contributed by atoms with Crippen LogP contribution in [0, 0.1) is 27.7 Å². The molecule has 0 fully saturated rings. The molecule has 0 radical (unpaired) electrons. The lowest BCUT2D eigenvalue weighted by Crippen LogP contribution is -2.17. The van der Waals surface area contributed by atoms with E-state index < -0.39 is 0 Å². The monoisotopic (exact) mass is 698 g/mol. The summed E-state index contributed by atoms with van der Waals surface area (Å²) in [7, 11) is 0. The van der Waals surface area contributed by atoms with Gasteiger partial charge in [0.05, 0.1) is 0 Å². The van der Waals surface area contributed by atoms with Crippen LogP contribution < -0.4 is 0 Å². The SMILES string of the molecule is Cc1cc(C)cc(-c2cc3c(c4c2oc2ccccc24)-c2cc4c(cc2C3(C)C)-c2c(cc(-c3cc(C)cc(C)c3)c3oc5ccccc5c23)C4(C)C)c1. The van der Waals surface area contributed by atoms with Crippen LogP contribution in [-0.4, -0.2) is 0 Å². The highest BCUT2D eigenvalue weighted by Gasteiger charge is 2.44. The summed E-state index contributed by atoms with van der Waals surface area (Å²) in [5, 5.41) is 4.79. The van der Waals surface area contributed by atoms with Crippen molar-refractivity contribution in [2.75, 3.05) is 0 Å². The van der Waals surface area contributed by atoms with Crippen molar-refractivity contribution in [1.29, 1.82) is 0 Å². The van der Waals surface area contributed by atoms with Crippen molar-refractivity contribution in [3.63, 3.8) is 0 Å². The predicted octanol–water partition coefficient (Wildman–Crippen LogP) is 14.7. The van der Waals surface area contributed by atoms with Gasteiger partial charge in [-0.2, -0.15) is 0 Å². The maximum atomic E-state index is 6.85. The zero-order valence-electron chi connectivity index (χ0n) is 32.2. The Hall–Kier alpha value is -5.86. The van der Waals surface area contributed by atoms with Crippen molar-refractivity contribution in [2.45, 2.75) is 66.2 Å². The smallest absolute Gasteiger partial charge is 0.143 e. The Labute approximate surface area is 316 Å². The maximum absolute atomic E-state index is 6.85. The first-order valence-electron chi connectivity index (χ1n) is 19.2. The molecule has 2 heterocycles. The minimum absolute atomic E-state index is 0.247. The summed E-state index contributed by atoms with van der Waals surface area (Å²) in [6.07, 6.45) is 0. The Bertz CT molecular complexity index is 2890. The molecule has 0 atom stereocenters. The van der Waals surface area contributed by atoms with Gasteiger partial charge in [-0.25, -0.2) is 0 Å². The maximum Gasteiger partial charge on any atom is 0.143 e. The molecule has 9 aromatic rings. The van der Waals surface area contributed by atoms with Crippen LogP contribution in [0.3, 0.4) is 0 Å². The summed E-state index contributed by atoms with van der Waals surface area (Å²) in [5.74, 6) is 0. The van der Waals surface area contributed by atoms with Gasteiger partial charge in [0.25, 0.3) is 0 Å². The molecule has 0 saturated heterocycles. The normalized spacial score (nSPS) is 15.0. The van der Waals surface area contributed by atoms with E-state index in [0.717, 1.165) is 33.5 Å². The van der Waals surface area contributed by atoms with Crippen molar-refractivity contribution in [3.05, 3.63) is 154 Å². The van der Waals surface area contributed by atoms with Crippen molar-refractivity contribution < 1.29 is 8.83 Å². The highest BCUT2D eigenvalue weighted by atomic mass is 16.3. The standard InChI is InChI=1S/C52H42O2/c1-27-17-28(2)20-31(19-27)35-23-41-45(47-33-13-9-11-15-43(33)53-49(35)47)37-25-40-38(26-39(37)51(41,5)6)46-42(52(40,7)8)24-36(32-21-29(3)18-30(4)22-32)50-48(46)34-14-10-12-16-44(34)54-50/h9-26H,1-8H3. The minimum atomic E-state index is -0.247. The number of hydrogen-bond donors (Lipinski definition) is 0. The summed E-state index contributed by atoms with van der Waals surface area (Å²) in [4.78, 5) is 0. The Kier molecular flexibility index (Phi) is 6.11. The first kappa shape index (κ1) is 31.6. The number of para-hydroxylation sites is 2. The lowest BCUT2D eigenvalue weighted by molar-refractivity contribution is 0.650. The van der Waals surface area contributed by atoms with E-state index in [-0.39, 0.29) is 10.8 Å². The van der Waals surface area contributed by atoms with E-state index in [1.807, 2.05) is 0 Å². The Morgan fingerprint density at radius 1 is 0.389 bits per heavy atom. The third kappa shape index (κ3) is 4.06. The number of hydrogen-bond acceptors (Lipinski definition) is 2. The van der Waals surface area contributed by atoms with E-state index in [1.165, 1.54) is 99.4 Å². The first-order valence-corrected chi connectivity index (χ1v) is 19.2. The largest absolute Gasteiger partial charge is 0.455 e. The predicted molar refractivity (Wildman–Crippen MR) is 226 cm³/mol. The molecule has 0 unspecified atom stereocenters. The van der Waals surface area contributed by atoms with Crippen LogP contribution in [0.2, 0.25) is 0 Å². The molecule has 2 aliphatic carbocycles. The van der Waals surface area contributed by atoms with Crippen LogP contribution in [0.5, 0.6) is 0 Å². The molecule has 0 aliphatic heterocycles. The molecule has 262 valence electrons. The molecule has 2 heteroatoms. The van der Waals surface area contributed by atoms with Gasteiger partial charge in [0.2, 0.25) is 0 Å². The third-order valence-electron chi connectivity index (χ3n) is 12.8. The summed E-state index contributed by atoms with van der Waals surface area (Å²) < 4.78 is 13.7. The van der Waals surface area contributed by atoms with Crippen LogP contribution in [0.25, 0.3) is 88.4 Å². The van der Waals surface area contributed by atoms with Gasteiger partial charge >= 0.3 is 0 Å². The van der Waals surface area contributed by atoms with E-state index in [4.69, 9.17) is 8.83 Å². The number of furan rings is 2. The molecule has 2 aliphatic rings. The van der Waals surface area contributed by atoms with Crippen LogP contribution in [0.1, 0.15) is 72.2 Å². The molecule has 2 aromatic heterocycles. The van der Waals surface area contributed by atoms with Gasteiger partial charge in [-0.15, -0.1) is 0 Å². The summed E-state index contributed by atoms with van der Waals surface area (Å²) in [5.41, 5.74) is 23.8. The number of rotatable bonds is 2. The lowest BCUT2D eigenvalue weighted by Gasteiger charge is -2.24. The lowest BCUT2D eigenvalue weighted by atomic mass is 9.78. The summed E-state index contributed by atoms with van der Waals surface area (Å²) in [6, 6.07) is 40.8. The molecule has 11 rings (SSSR count). The van der Waals surface area contributed by atoms with Crippen LogP contribution in [-0.2, 0) is 10.8 Å². The second-order valence-electron chi connectivity index (χ2n) is 17.2. The fourth-order valence-electron chi connectivity index (χ4n) is 10.4. The fourth-order valence-corrected chi connectivity index (χ4v) is 10.4. The third-order valence-corrected chi connectivity index (χ3v) is 12.8. The van der Waals surface area contributed by atoms with E-state index in [2.05, 4.69) is 165 Å². The first-order chi connectivity index (χ1) is 25.9. The van der Waals surface area contributed by atoms with E-state index >= 15 is 0 Å². The Morgan fingerprint density at radius 3 is 1.13 bits per heavy atom. The summed E-state index contributed by atoms with van der Waals surface area (Å²) >= 11 is 0. The van der Waals surface area contributed by atoms with Gasteiger partial charge in [0.1, 0.15) is 22.3 Å². The molecule has 0 N–H and O–H groups in total. The molecular weight excluding hydrogens is 657 g/mol. The van der Waals surface area contributed by atoms with E-state index in [0.29, 0.717) is 0 Å². The van der Waals surface area contributed by atoms with Crippen molar-refractivity contribution in [1.82, 2.24) is 0 Å². The zero-order valence-corrected chi connectivity index (χ0v) is 32.2. The number of fused-ring (bicyclic) bond motifs is 14. The second kappa shape index (κ2) is 10.4. The molecule has 0 amide bonds. The van der Waals surface area contributed by atoms with Gasteiger partial charge in [-0.1, -0.05) is 123 Å². The molecule has 0 spiro atoms. The number of benzene rings is 7. The molecule has 0 saturated carbocycles. The van der Waals surface area contributed by atoms with Gasteiger partial charge in [-0.3, -0.25) is 0 Å². The molecule has 0 bridgehead atoms. The van der Waals surface area contributed by atoms with Gasteiger partial charge in [-0.05, 0) is 120 Å². The van der Waals surface area contributed by atoms with Crippen LogP contribution >= 0.6 is 0 Å². The van der Waals surface area contributed by atoms with Gasteiger partial charge in [0.15, 0.2) is 0 Å². The molecule has 2 nitrogen and oxygen atoms in total. The zero-order chi connectivity index (χ0) is 37.0. The van der Waals surface area contributed by atoms with Crippen LogP contribution in [0.4, 0.5) is 0 Å². The average Bonchev–Trinajstić information content (AvgIpc) is 3.82. The Balaban J connectivity index is 1.24. The van der Waals surface area contributed by atoms with E-state index in [9.17, 15) is 0 Å². The quantitative estimate of drug-likeness (QED) is 0.180. The minimum Gasteiger partial charge on any atom is -0.455 e. The van der Waals surface area contributed by atoms with Crippen molar-refractivity contribution in [2.24, 2.45) is 0 Å². The number of aryl methyl sites for hydroxylation is 4. The average molecular weight is 699 g/mol. The molecule has 7 aromatic carbocycles. The van der Waals surface area contributed by atoms with E-state index in [1.54, 1.807) is 0 Å². The van der Waals surface area contributed by atoms with Crippen molar-refractivity contribution >= 4 is 43.9 Å². The summed E-state index contributed by atoms with van der Waals surface area (Å²) in [6.45, 7) is 18.4.